The number of ether oxygens (including phenoxy) is 2. The molecule has 1 aromatic heterocycles. The van der Waals surface area contributed by atoms with Crippen LogP contribution in [0.4, 0.5) is 0 Å². The van der Waals surface area contributed by atoms with Crippen LogP contribution in [0.2, 0.25) is 5.15 Å². The number of benzene rings is 2. The third-order valence-electron chi connectivity index (χ3n) is 5.96. The molecule has 0 radical (unpaired) electrons. The molecule has 2 aliphatic heterocycles. The minimum atomic E-state index is -0.0467. The van der Waals surface area contributed by atoms with Crippen LogP contribution in [0.15, 0.2) is 48.5 Å². The Morgan fingerprint density at radius 3 is 2.50 bits per heavy atom. The second-order valence-corrected chi connectivity index (χ2v) is 8.51. The SMILES string of the molecule is Cc1nn(Cc2ccccc2)c(Cl)c1C(=O)N1CCN(Cc2ccc3c(c2)OCO3)CC1. The zero-order valence-electron chi connectivity index (χ0n) is 18.0. The Hall–Kier alpha value is -3.03. The van der Waals surface area contributed by atoms with Gasteiger partial charge < -0.3 is 14.4 Å². The number of aryl methyl sites for hydroxylation is 1. The summed E-state index contributed by atoms with van der Waals surface area (Å²) in [6, 6.07) is 16.0. The number of halogens is 1. The van der Waals surface area contributed by atoms with Crippen LogP contribution in [-0.4, -0.2) is 58.5 Å². The largest absolute Gasteiger partial charge is 0.454 e. The van der Waals surface area contributed by atoms with Crippen molar-refractivity contribution in [1.29, 1.82) is 0 Å². The molecule has 0 N–H and O–H groups in total. The van der Waals surface area contributed by atoms with E-state index in [4.69, 9.17) is 21.1 Å². The Kier molecular flexibility index (Phi) is 5.76. The van der Waals surface area contributed by atoms with E-state index in [1.54, 1.807) is 4.68 Å². The highest BCUT2D eigenvalue weighted by atomic mass is 35.5. The highest BCUT2D eigenvalue weighted by Gasteiger charge is 2.28. The standard InChI is InChI=1S/C24H25ClN4O3/c1-17-22(23(25)29(26-17)15-18-5-3-2-4-6-18)24(30)28-11-9-27(10-12-28)14-19-7-8-20-21(13-19)32-16-31-20/h2-8,13H,9-12,14-16H2,1H3. The normalized spacial score (nSPS) is 15.9. The quantitative estimate of drug-likeness (QED) is 0.592. The third-order valence-corrected chi connectivity index (χ3v) is 6.34. The van der Waals surface area contributed by atoms with E-state index in [0.717, 1.165) is 36.7 Å². The molecule has 0 saturated carbocycles. The lowest BCUT2D eigenvalue weighted by atomic mass is 10.1. The average molecular weight is 453 g/mol. The van der Waals surface area contributed by atoms with E-state index >= 15 is 0 Å². The Morgan fingerprint density at radius 1 is 0.969 bits per heavy atom. The highest BCUT2D eigenvalue weighted by Crippen LogP contribution is 2.33. The first kappa shape index (κ1) is 20.8. The summed E-state index contributed by atoms with van der Waals surface area (Å²) >= 11 is 6.60. The molecule has 166 valence electrons. The maximum Gasteiger partial charge on any atom is 0.258 e. The van der Waals surface area contributed by atoms with Gasteiger partial charge in [0.1, 0.15) is 5.15 Å². The van der Waals surface area contributed by atoms with Gasteiger partial charge in [-0.2, -0.15) is 5.10 Å². The van der Waals surface area contributed by atoms with Crippen LogP contribution in [0, 0.1) is 6.92 Å². The maximum absolute atomic E-state index is 13.2. The van der Waals surface area contributed by atoms with Crippen molar-refractivity contribution in [3.8, 4) is 11.5 Å². The van der Waals surface area contributed by atoms with Crippen molar-refractivity contribution in [2.45, 2.75) is 20.0 Å². The number of carbonyl (C=O) groups excluding carboxylic acids is 1. The topological polar surface area (TPSA) is 59.8 Å². The number of rotatable bonds is 5. The van der Waals surface area contributed by atoms with Crippen molar-refractivity contribution in [2.75, 3.05) is 33.0 Å². The molecule has 0 unspecified atom stereocenters. The summed E-state index contributed by atoms with van der Waals surface area (Å²) in [6.45, 7) is 6.39. The second-order valence-electron chi connectivity index (χ2n) is 8.15. The van der Waals surface area contributed by atoms with E-state index in [9.17, 15) is 4.79 Å². The van der Waals surface area contributed by atoms with Gasteiger partial charge in [-0.25, -0.2) is 4.68 Å². The van der Waals surface area contributed by atoms with Crippen molar-refractivity contribution in [2.24, 2.45) is 0 Å². The number of nitrogens with zero attached hydrogens (tertiary/aromatic N) is 4. The van der Waals surface area contributed by atoms with E-state index in [1.807, 2.05) is 54.3 Å². The Bertz CT molecular complexity index is 1120. The number of amides is 1. The monoisotopic (exact) mass is 452 g/mol. The fraction of sp³-hybridized carbons (Fsp3) is 0.333. The molecule has 0 bridgehead atoms. The third kappa shape index (κ3) is 4.18. The molecule has 1 saturated heterocycles. The molecule has 3 aromatic rings. The zero-order valence-corrected chi connectivity index (χ0v) is 18.7. The van der Waals surface area contributed by atoms with Gasteiger partial charge >= 0.3 is 0 Å². The summed E-state index contributed by atoms with van der Waals surface area (Å²) in [5.41, 5.74) is 3.44. The van der Waals surface area contributed by atoms with Crippen LogP contribution in [-0.2, 0) is 13.1 Å². The van der Waals surface area contributed by atoms with Crippen LogP contribution >= 0.6 is 11.6 Å². The molecule has 5 rings (SSSR count). The lowest BCUT2D eigenvalue weighted by Gasteiger charge is -2.34. The molecule has 1 fully saturated rings. The average Bonchev–Trinajstić information content (AvgIpc) is 3.38. The maximum atomic E-state index is 13.2. The Labute approximate surface area is 192 Å². The predicted molar refractivity (Wildman–Crippen MR) is 121 cm³/mol. The molecule has 2 aromatic carbocycles. The Balaban J connectivity index is 1.22. The lowest BCUT2D eigenvalue weighted by molar-refractivity contribution is 0.0628. The van der Waals surface area contributed by atoms with Crippen LogP contribution in [0.1, 0.15) is 27.2 Å². The smallest absolute Gasteiger partial charge is 0.258 e. The summed E-state index contributed by atoms with van der Waals surface area (Å²) in [6.07, 6.45) is 0. The predicted octanol–water partition coefficient (Wildman–Crippen LogP) is 3.58. The van der Waals surface area contributed by atoms with Gasteiger partial charge in [0.05, 0.1) is 17.8 Å². The first-order chi connectivity index (χ1) is 15.6. The fourth-order valence-corrected chi connectivity index (χ4v) is 4.54. The number of hydrogen-bond acceptors (Lipinski definition) is 5. The number of aromatic nitrogens is 2. The fourth-order valence-electron chi connectivity index (χ4n) is 4.22. The highest BCUT2D eigenvalue weighted by molar-refractivity contribution is 6.33. The Morgan fingerprint density at radius 2 is 1.72 bits per heavy atom. The van der Waals surface area contributed by atoms with Crippen LogP contribution < -0.4 is 9.47 Å². The van der Waals surface area contributed by atoms with Crippen molar-refractivity contribution in [3.05, 3.63) is 76.1 Å². The summed E-state index contributed by atoms with van der Waals surface area (Å²) < 4.78 is 12.6. The van der Waals surface area contributed by atoms with Crippen molar-refractivity contribution in [3.63, 3.8) is 0 Å². The van der Waals surface area contributed by atoms with E-state index in [1.165, 1.54) is 5.56 Å². The summed E-state index contributed by atoms with van der Waals surface area (Å²) in [4.78, 5) is 17.5. The van der Waals surface area contributed by atoms with Gasteiger partial charge in [0, 0.05) is 32.7 Å². The van der Waals surface area contributed by atoms with E-state index in [-0.39, 0.29) is 12.7 Å². The minimum Gasteiger partial charge on any atom is -0.454 e. The number of piperazine rings is 1. The summed E-state index contributed by atoms with van der Waals surface area (Å²) in [5.74, 6) is 1.55. The first-order valence-corrected chi connectivity index (χ1v) is 11.1. The van der Waals surface area contributed by atoms with Gasteiger partial charge in [-0.1, -0.05) is 48.0 Å². The molecule has 0 spiro atoms. The van der Waals surface area contributed by atoms with E-state index in [0.29, 0.717) is 36.0 Å². The second kappa shape index (κ2) is 8.84. The lowest BCUT2D eigenvalue weighted by Crippen LogP contribution is -2.48. The van der Waals surface area contributed by atoms with Gasteiger partial charge in [-0.15, -0.1) is 0 Å². The molecule has 1 amide bonds. The number of fused-ring (bicyclic) bond motifs is 1. The molecule has 3 heterocycles. The first-order valence-electron chi connectivity index (χ1n) is 10.8. The molecule has 8 heteroatoms. The van der Waals surface area contributed by atoms with Gasteiger partial charge in [-0.3, -0.25) is 9.69 Å². The zero-order chi connectivity index (χ0) is 22.1. The van der Waals surface area contributed by atoms with Crippen molar-refractivity contribution in [1.82, 2.24) is 19.6 Å². The molecular formula is C24H25ClN4O3. The van der Waals surface area contributed by atoms with Crippen LogP contribution in [0.25, 0.3) is 0 Å². The molecule has 32 heavy (non-hydrogen) atoms. The van der Waals surface area contributed by atoms with Gasteiger partial charge in [0.2, 0.25) is 6.79 Å². The molecule has 7 nitrogen and oxygen atoms in total. The minimum absolute atomic E-state index is 0.0467. The van der Waals surface area contributed by atoms with Crippen molar-refractivity contribution >= 4 is 17.5 Å². The van der Waals surface area contributed by atoms with Gasteiger partial charge in [0.15, 0.2) is 11.5 Å². The van der Waals surface area contributed by atoms with Gasteiger partial charge in [-0.05, 0) is 30.2 Å². The molecule has 0 aliphatic carbocycles. The van der Waals surface area contributed by atoms with Crippen molar-refractivity contribution < 1.29 is 14.3 Å². The van der Waals surface area contributed by atoms with Crippen LogP contribution in [0.3, 0.4) is 0 Å². The summed E-state index contributed by atoms with van der Waals surface area (Å²) in [7, 11) is 0. The molecular weight excluding hydrogens is 428 g/mol. The van der Waals surface area contributed by atoms with Crippen LogP contribution in [0.5, 0.6) is 11.5 Å². The molecule has 0 atom stereocenters. The molecule has 2 aliphatic rings. The van der Waals surface area contributed by atoms with E-state index in [2.05, 4.69) is 16.1 Å². The van der Waals surface area contributed by atoms with E-state index < -0.39 is 0 Å². The van der Waals surface area contributed by atoms with Gasteiger partial charge in [0.25, 0.3) is 5.91 Å². The number of carbonyl (C=O) groups is 1. The summed E-state index contributed by atoms with van der Waals surface area (Å²) in [5, 5.41) is 4.93. The number of hydrogen-bond donors (Lipinski definition) is 0.